The molecule has 0 aliphatic heterocycles. The Morgan fingerprint density at radius 3 is 2.19 bits per heavy atom. The third kappa shape index (κ3) is 3.22. The van der Waals surface area contributed by atoms with Gasteiger partial charge in [0.1, 0.15) is 23.2 Å². The maximum absolute atomic E-state index is 14.2. The second kappa shape index (κ2) is 6.49. The first-order chi connectivity index (χ1) is 9.97. The molecule has 0 amide bonds. The van der Waals surface area contributed by atoms with E-state index in [0.29, 0.717) is 4.47 Å². The summed E-state index contributed by atoms with van der Waals surface area (Å²) in [5.74, 6) is -2.08. The summed E-state index contributed by atoms with van der Waals surface area (Å²) in [5.41, 5.74) is -0.106. The minimum absolute atomic E-state index is 0.0679. The second-order valence-corrected chi connectivity index (χ2v) is 5.31. The van der Waals surface area contributed by atoms with Crippen LogP contribution in [-0.2, 0) is 0 Å². The number of nitrogens with one attached hydrogen (secondary N) is 1. The van der Waals surface area contributed by atoms with Gasteiger partial charge in [0.2, 0.25) is 0 Å². The summed E-state index contributed by atoms with van der Waals surface area (Å²) < 4.78 is 47.7. The van der Waals surface area contributed by atoms with Crippen molar-refractivity contribution >= 4 is 15.9 Å². The summed E-state index contributed by atoms with van der Waals surface area (Å²) in [4.78, 5) is 0. The average Bonchev–Trinajstić information content (AvgIpc) is 2.45. The van der Waals surface area contributed by atoms with Gasteiger partial charge in [0.25, 0.3) is 0 Å². The molecule has 2 rings (SSSR count). The van der Waals surface area contributed by atoms with Crippen LogP contribution >= 0.6 is 15.9 Å². The van der Waals surface area contributed by atoms with Crippen molar-refractivity contribution in [1.29, 1.82) is 0 Å². The van der Waals surface area contributed by atoms with Gasteiger partial charge in [-0.3, -0.25) is 0 Å². The molecular weight excluding hydrogens is 347 g/mol. The molecule has 2 aromatic carbocycles. The summed E-state index contributed by atoms with van der Waals surface area (Å²) in [6, 6.07) is 5.43. The first-order valence-corrected chi connectivity index (χ1v) is 6.92. The maximum atomic E-state index is 14.2. The summed E-state index contributed by atoms with van der Waals surface area (Å²) in [5, 5.41) is 2.74. The monoisotopic (exact) mass is 359 g/mol. The quantitative estimate of drug-likeness (QED) is 0.883. The zero-order valence-corrected chi connectivity index (χ0v) is 13.0. The van der Waals surface area contributed by atoms with Gasteiger partial charge in [-0.2, -0.15) is 0 Å². The van der Waals surface area contributed by atoms with E-state index in [9.17, 15) is 13.2 Å². The molecule has 0 aliphatic rings. The highest BCUT2D eigenvalue weighted by Crippen LogP contribution is 2.32. The molecule has 0 saturated heterocycles. The van der Waals surface area contributed by atoms with Gasteiger partial charge in [-0.1, -0.05) is 15.9 Å². The lowest BCUT2D eigenvalue weighted by molar-refractivity contribution is 0.403. The third-order valence-electron chi connectivity index (χ3n) is 3.13. The number of hydrogen-bond acceptors (Lipinski definition) is 2. The Labute approximate surface area is 129 Å². The molecule has 0 aliphatic carbocycles. The molecule has 2 aromatic rings. The Morgan fingerprint density at radius 1 is 1.05 bits per heavy atom. The molecular formula is C15H13BrF3NO. The Hall–Kier alpha value is -1.53. The van der Waals surface area contributed by atoms with Crippen LogP contribution in [0.4, 0.5) is 13.2 Å². The molecule has 0 radical (unpaired) electrons. The van der Waals surface area contributed by atoms with E-state index in [1.807, 2.05) is 0 Å². The molecule has 0 aromatic heterocycles. The van der Waals surface area contributed by atoms with Crippen LogP contribution in [0.2, 0.25) is 0 Å². The molecule has 112 valence electrons. The van der Waals surface area contributed by atoms with E-state index in [-0.39, 0.29) is 16.9 Å². The summed E-state index contributed by atoms with van der Waals surface area (Å²) >= 11 is 3.22. The number of halogens is 4. The third-order valence-corrected chi connectivity index (χ3v) is 3.63. The fraction of sp³-hybridized carbons (Fsp3) is 0.200. The molecule has 1 atom stereocenters. The van der Waals surface area contributed by atoms with Gasteiger partial charge in [-0.15, -0.1) is 0 Å². The highest BCUT2D eigenvalue weighted by molar-refractivity contribution is 9.10. The number of benzene rings is 2. The maximum Gasteiger partial charge on any atom is 0.134 e. The Morgan fingerprint density at radius 2 is 1.67 bits per heavy atom. The van der Waals surface area contributed by atoms with E-state index < -0.39 is 23.5 Å². The minimum atomic E-state index is -0.951. The lowest BCUT2D eigenvalue weighted by Crippen LogP contribution is -2.21. The van der Waals surface area contributed by atoms with Crippen LogP contribution < -0.4 is 10.1 Å². The van der Waals surface area contributed by atoms with Gasteiger partial charge >= 0.3 is 0 Å². The first-order valence-electron chi connectivity index (χ1n) is 6.13. The standard InChI is InChI=1S/C15H13BrF3NO/c1-20-15(10-5-8(16)3-4-11(10)17)14-12(18)6-9(21-2)7-13(14)19/h3-7,15,20H,1-2H3. The zero-order valence-electron chi connectivity index (χ0n) is 11.4. The van der Waals surface area contributed by atoms with E-state index in [0.717, 1.165) is 12.1 Å². The van der Waals surface area contributed by atoms with Crippen molar-refractivity contribution < 1.29 is 17.9 Å². The van der Waals surface area contributed by atoms with E-state index in [4.69, 9.17) is 4.74 Å². The Balaban J connectivity index is 2.59. The Bertz CT molecular complexity index is 640. The van der Waals surface area contributed by atoms with Crippen LogP contribution in [0.15, 0.2) is 34.8 Å². The molecule has 2 nitrogen and oxygen atoms in total. The van der Waals surface area contributed by atoms with Crippen LogP contribution in [0.5, 0.6) is 5.75 Å². The van der Waals surface area contributed by atoms with Crippen LogP contribution in [0, 0.1) is 17.5 Å². The summed E-state index contributed by atoms with van der Waals surface area (Å²) in [7, 11) is 2.82. The van der Waals surface area contributed by atoms with Crippen LogP contribution in [0.3, 0.4) is 0 Å². The van der Waals surface area contributed by atoms with Gasteiger partial charge in [0.05, 0.1) is 13.2 Å². The largest absolute Gasteiger partial charge is 0.497 e. The van der Waals surface area contributed by atoms with Gasteiger partial charge in [0.15, 0.2) is 0 Å². The van der Waals surface area contributed by atoms with E-state index in [2.05, 4.69) is 21.2 Å². The molecule has 1 N–H and O–H groups in total. The zero-order chi connectivity index (χ0) is 15.6. The highest BCUT2D eigenvalue weighted by Gasteiger charge is 2.24. The lowest BCUT2D eigenvalue weighted by atomic mass is 9.97. The molecule has 0 bridgehead atoms. The molecule has 0 spiro atoms. The predicted molar refractivity (Wildman–Crippen MR) is 77.9 cm³/mol. The molecule has 0 heterocycles. The smallest absolute Gasteiger partial charge is 0.134 e. The van der Waals surface area contributed by atoms with E-state index in [1.165, 1.54) is 32.4 Å². The molecule has 21 heavy (non-hydrogen) atoms. The predicted octanol–water partition coefficient (Wildman–Crippen LogP) is 4.18. The SMILES string of the molecule is CNC(c1cc(Br)ccc1F)c1c(F)cc(OC)cc1F. The summed E-state index contributed by atoms with van der Waals surface area (Å²) in [6.45, 7) is 0. The molecule has 0 saturated carbocycles. The number of rotatable bonds is 4. The number of methoxy groups -OCH3 is 1. The minimum Gasteiger partial charge on any atom is -0.497 e. The van der Waals surface area contributed by atoms with Crippen molar-refractivity contribution in [2.75, 3.05) is 14.2 Å². The van der Waals surface area contributed by atoms with Crippen molar-refractivity contribution in [2.24, 2.45) is 0 Å². The van der Waals surface area contributed by atoms with Gasteiger partial charge in [0, 0.05) is 27.7 Å². The van der Waals surface area contributed by atoms with Gasteiger partial charge in [-0.05, 0) is 25.2 Å². The highest BCUT2D eigenvalue weighted by atomic mass is 79.9. The normalized spacial score (nSPS) is 12.3. The van der Waals surface area contributed by atoms with Crippen molar-refractivity contribution in [2.45, 2.75) is 6.04 Å². The lowest BCUT2D eigenvalue weighted by Gasteiger charge is -2.20. The van der Waals surface area contributed by atoms with Crippen molar-refractivity contribution in [3.05, 3.63) is 63.4 Å². The van der Waals surface area contributed by atoms with E-state index in [1.54, 1.807) is 0 Å². The first kappa shape index (κ1) is 15.9. The molecule has 6 heteroatoms. The number of ether oxygens (including phenoxy) is 1. The van der Waals surface area contributed by atoms with Crippen LogP contribution in [-0.4, -0.2) is 14.2 Å². The summed E-state index contributed by atoms with van der Waals surface area (Å²) in [6.07, 6.45) is 0. The number of hydrogen-bond donors (Lipinski definition) is 1. The second-order valence-electron chi connectivity index (χ2n) is 4.39. The van der Waals surface area contributed by atoms with Crippen molar-refractivity contribution in [1.82, 2.24) is 5.32 Å². The van der Waals surface area contributed by atoms with E-state index >= 15 is 0 Å². The average molecular weight is 360 g/mol. The fourth-order valence-electron chi connectivity index (χ4n) is 2.15. The van der Waals surface area contributed by atoms with Crippen molar-refractivity contribution in [3.63, 3.8) is 0 Å². The topological polar surface area (TPSA) is 21.3 Å². The molecule has 0 fully saturated rings. The Kier molecular flexibility index (Phi) is 4.90. The van der Waals surface area contributed by atoms with Crippen LogP contribution in [0.1, 0.15) is 17.2 Å². The molecule has 1 unspecified atom stereocenters. The fourth-order valence-corrected chi connectivity index (χ4v) is 2.52. The van der Waals surface area contributed by atoms with Crippen LogP contribution in [0.25, 0.3) is 0 Å². The van der Waals surface area contributed by atoms with Crippen molar-refractivity contribution in [3.8, 4) is 5.75 Å². The van der Waals surface area contributed by atoms with Gasteiger partial charge in [-0.25, -0.2) is 13.2 Å². The van der Waals surface area contributed by atoms with Gasteiger partial charge < -0.3 is 10.1 Å².